The molecule has 0 bridgehead atoms. The first-order valence-electron chi connectivity index (χ1n) is 11.4. The van der Waals surface area contributed by atoms with Crippen LogP contribution in [-0.4, -0.2) is 57.6 Å². The van der Waals surface area contributed by atoms with Gasteiger partial charge in [0.05, 0.1) is 17.8 Å². The molecule has 7 nitrogen and oxygen atoms in total. The third kappa shape index (κ3) is 3.47. The summed E-state index contributed by atoms with van der Waals surface area (Å²) in [5, 5.41) is 8.03. The van der Waals surface area contributed by atoms with E-state index in [0.717, 1.165) is 69.9 Å². The molecule has 2 fully saturated rings. The van der Waals surface area contributed by atoms with Crippen LogP contribution in [0.2, 0.25) is 0 Å². The summed E-state index contributed by atoms with van der Waals surface area (Å²) in [7, 11) is 0. The van der Waals surface area contributed by atoms with E-state index < -0.39 is 0 Å². The van der Waals surface area contributed by atoms with Gasteiger partial charge < -0.3 is 15.1 Å². The van der Waals surface area contributed by atoms with E-state index in [2.05, 4.69) is 44.5 Å². The number of rotatable bonds is 5. The molecule has 0 radical (unpaired) electrons. The summed E-state index contributed by atoms with van der Waals surface area (Å²) in [6, 6.07) is 12.8. The normalized spacial score (nSPS) is 19.0. The van der Waals surface area contributed by atoms with E-state index in [1.807, 2.05) is 22.8 Å². The monoisotopic (exact) mass is 416 g/mol. The predicted molar refractivity (Wildman–Crippen MR) is 119 cm³/mol. The van der Waals surface area contributed by atoms with Crippen molar-refractivity contribution < 1.29 is 4.79 Å². The smallest absolute Gasteiger partial charge is 0.229 e. The second kappa shape index (κ2) is 7.64. The molecule has 2 aliphatic heterocycles. The molecule has 31 heavy (non-hydrogen) atoms. The first kappa shape index (κ1) is 18.8. The van der Waals surface area contributed by atoms with Crippen LogP contribution in [0.5, 0.6) is 0 Å². The molecule has 3 aromatic rings. The van der Waals surface area contributed by atoms with E-state index in [4.69, 9.17) is 4.98 Å². The maximum absolute atomic E-state index is 13.4. The highest BCUT2D eigenvalue weighted by Crippen LogP contribution is 2.35. The Bertz CT molecular complexity index is 1100. The largest absolute Gasteiger partial charge is 0.354 e. The number of anilines is 1. The summed E-state index contributed by atoms with van der Waals surface area (Å²) in [4.78, 5) is 22.7. The van der Waals surface area contributed by atoms with Crippen LogP contribution in [0.3, 0.4) is 0 Å². The summed E-state index contributed by atoms with van der Waals surface area (Å²) in [6.45, 7) is 4.16. The van der Waals surface area contributed by atoms with Gasteiger partial charge >= 0.3 is 0 Å². The topological polar surface area (TPSA) is 65.8 Å². The lowest BCUT2D eigenvalue weighted by Gasteiger charge is -2.43. The van der Waals surface area contributed by atoms with Crippen molar-refractivity contribution in [3.05, 3.63) is 59.4 Å². The molecule has 0 atom stereocenters. The molecule has 1 aliphatic carbocycles. The van der Waals surface area contributed by atoms with Crippen molar-refractivity contribution in [2.45, 2.75) is 38.3 Å². The number of carbonyl (C=O) groups is 1. The first-order chi connectivity index (χ1) is 15.3. The number of aromatic nitrogens is 3. The Labute approximate surface area is 182 Å². The second-order valence-electron chi connectivity index (χ2n) is 9.00. The Balaban J connectivity index is 1.23. The van der Waals surface area contributed by atoms with Gasteiger partial charge in [-0.15, -0.1) is 0 Å². The quantitative estimate of drug-likeness (QED) is 0.690. The van der Waals surface area contributed by atoms with E-state index in [1.54, 1.807) is 0 Å². The molecule has 4 heterocycles. The summed E-state index contributed by atoms with van der Waals surface area (Å²) in [6.07, 6.45) is 5.97. The van der Waals surface area contributed by atoms with Crippen LogP contribution in [-0.2, 0) is 24.2 Å². The zero-order chi connectivity index (χ0) is 20.8. The molecule has 6 rings (SSSR count). The molecule has 2 aromatic heterocycles. The Kier molecular flexibility index (Phi) is 4.64. The fraction of sp³-hybridized carbons (Fsp3) is 0.458. The van der Waals surface area contributed by atoms with E-state index in [-0.39, 0.29) is 5.92 Å². The van der Waals surface area contributed by atoms with Crippen LogP contribution in [0.25, 0.3) is 5.65 Å². The summed E-state index contributed by atoms with van der Waals surface area (Å²) < 4.78 is 1.97. The lowest BCUT2D eigenvalue weighted by atomic mass is 9.96. The number of hydrogen-bond donors (Lipinski definition) is 1. The fourth-order valence-electron chi connectivity index (χ4n) is 4.94. The average Bonchev–Trinajstić information content (AvgIpc) is 3.53. The third-order valence-electron chi connectivity index (χ3n) is 6.78. The Morgan fingerprint density at radius 3 is 2.71 bits per heavy atom. The maximum atomic E-state index is 13.4. The van der Waals surface area contributed by atoms with Crippen LogP contribution >= 0.6 is 0 Å². The second-order valence-corrected chi connectivity index (χ2v) is 9.00. The van der Waals surface area contributed by atoms with Crippen LogP contribution in [0.1, 0.15) is 29.7 Å². The highest BCUT2D eigenvalue weighted by Gasteiger charge is 2.42. The van der Waals surface area contributed by atoms with Gasteiger partial charge in [-0.1, -0.05) is 30.3 Å². The zero-order valence-electron chi connectivity index (χ0n) is 17.7. The van der Waals surface area contributed by atoms with Crippen molar-refractivity contribution in [2.75, 3.05) is 31.1 Å². The number of hydrogen-bond acceptors (Lipinski definition) is 5. The summed E-state index contributed by atoms with van der Waals surface area (Å²) in [5.41, 5.74) is 4.57. The molecule has 1 saturated heterocycles. The lowest BCUT2D eigenvalue weighted by molar-refractivity contribution is -0.137. The van der Waals surface area contributed by atoms with Gasteiger partial charge in [0.25, 0.3) is 0 Å². The van der Waals surface area contributed by atoms with E-state index in [1.165, 1.54) is 16.8 Å². The molecule has 1 aromatic carbocycles. The van der Waals surface area contributed by atoms with Gasteiger partial charge in [0.1, 0.15) is 5.82 Å². The number of benzene rings is 1. The maximum Gasteiger partial charge on any atom is 0.229 e. The predicted octanol–water partition coefficient (Wildman–Crippen LogP) is 2.04. The molecule has 0 unspecified atom stereocenters. The molecule has 1 N–H and O–H groups in total. The molecule has 1 saturated carbocycles. The Morgan fingerprint density at radius 2 is 1.90 bits per heavy atom. The van der Waals surface area contributed by atoms with Crippen LogP contribution < -0.4 is 10.2 Å². The fourth-order valence-corrected chi connectivity index (χ4v) is 4.94. The number of amides is 1. The van der Waals surface area contributed by atoms with E-state index in [9.17, 15) is 4.79 Å². The molecule has 7 heteroatoms. The minimum absolute atomic E-state index is 0.0580. The number of nitrogens with one attached hydrogen (secondary N) is 1. The highest BCUT2D eigenvalue weighted by molar-refractivity contribution is 5.83. The molecule has 0 spiro atoms. The van der Waals surface area contributed by atoms with Crippen molar-refractivity contribution in [2.24, 2.45) is 5.92 Å². The molecule has 160 valence electrons. The number of nitrogens with zero attached hydrogens (tertiary/aromatic N) is 5. The van der Waals surface area contributed by atoms with Gasteiger partial charge in [-0.3, -0.25) is 4.79 Å². The minimum atomic E-state index is 0.0580. The molecular weight excluding hydrogens is 388 g/mol. The van der Waals surface area contributed by atoms with Gasteiger partial charge in [-0.25, -0.2) is 4.98 Å². The van der Waals surface area contributed by atoms with Gasteiger partial charge in [0.15, 0.2) is 5.65 Å². The van der Waals surface area contributed by atoms with Crippen molar-refractivity contribution in [3.63, 3.8) is 0 Å². The molecule has 1 amide bonds. The van der Waals surface area contributed by atoms with E-state index in [0.29, 0.717) is 11.9 Å². The third-order valence-corrected chi connectivity index (χ3v) is 6.78. The minimum Gasteiger partial charge on any atom is -0.354 e. The molecule has 3 aliphatic rings. The van der Waals surface area contributed by atoms with Crippen LogP contribution in [0.4, 0.5) is 5.82 Å². The van der Waals surface area contributed by atoms with Crippen molar-refractivity contribution >= 4 is 17.4 Å². The van der Waals surface area contributed by atoms with Crippen molar-refractivity contribution in [3.8, 4) is 0 Å². The zero-order valence-corrected chi connectivity index (χ0v) is 17.7. The SMILES string of the molecule is O=C(C1CN(c2c3c(nc4ccnn24)CCNCC3)C1)N(Cc1ccccc1)C1CC1. The van der Waals surface area contributed by atoms with Gasteiger partial charge in [-0.2, -0.15) is 9.61 Å². The van der Waals surface area contributed by atoms with Gasteiger partial charge in [-0.05, 0) is 31.4 Å². The number of carbonyl (C=O) groups excluding carboxylic acids is 1. The van der Waals surface area contributed by atoms with E-state index >= 15 is 0 Å². The van der Waals surface area contributed by atoms with Crippen molar-refractivity contribution in [1.82, 2.24) is 24.8 Å². The Morgan fingerprint density at radius 1 is 1.10 bits per heavy atom. The van der Waals surface area contributed by atoms with Crippen LogP contribution in [0, 0.1) is 5.92 Å². The Hall–Kier alpha value is -2.93. The van der Waals surface area contributed by atoms with Gasteiger partial charge in [0, 0.05) is 50.3 Å². The average molecular weight is 417 g/mol. The number of fused-ring (bicyclic) bond motifs is 2. The summed E-state index contributed by atoms with van der Waals surface area (Å²) in [5.74, 6) is 1.50. The lowest BCUT2D eigenvalue weighted by Crippen LogP contribution is -2.55. The van der Waals surface area contributed by atoms with Crippen LogP contribution in [0.15, 0.2) is 42.6 Å². The first-order valence-corrected chi connectivity index (χ1v) is 11.4. The standard InChI is InChI=1S/C24H28N6O/c31-24(29(19-6-7-19)14-17-4-2-1-3-5-17)18-15-28(16-18)23-20-8-11-25-12-9-21(20)27-22-10-13-26-30(22)23/h1-5,10,13,18-19,25H,6-9,11-12,14-16H2. The molecular formula is C24H28N6O. The van der Waals surface area contributed by atoms with Crippen molar-refractivity contribution in [1.29, 1.82) is 0 Å². The summed E-state index contributed by atoms with van der Waals surface area (Å²) >= 11 is 0. The highest BCUT2D eigenvalue weighted by atomic mass is 16.2. The van der Waals surface area contributed by atoms with Gasteiger partial charge in [0.2, 0.25) is 5.91 Å².